The van der Waals surface area contributed by atoms with Crippen LogP contribution in [0.2, 0.25) is 0 Å². The van der Waals surface area contributed by atoms with Crippen molar-refractivity contribution in [1.29, 1.82) is 0 Å². The van der Waals surface area contributed by atoms with Gasteiger partial charge in [-0.15, -0.1) is 0 Å². The highest BCUT2D eigenvalue weighted by molar-refractivity contribution is 5.88. The normalized spacial score (nSPS) is 13.4. The minimum Gasteiger partial charge on any atom is -0.411 e. The Kier molecular flexibility index (Phi) is 2.17. The smallest absolute Gasteiger partial charge is 0.0980 e. The van der Waals surface area contributed by atoms with Gasteiger partial charge in [0.1, 0.15) is 0 Å². The van der Waals surface area contributed by atoms with E-state index < -0.39 is 0 Å². The van der Waals surface area contributed by atoms with E-state index in [9.17, 15) is 0 Å². The third-order valence-electron chi connectivity index (χ3n) is 2.11. The summed E-state index contributed by atoms with van der Waals surface area (Å²) in [5, 5.41) is 15.9. The number of rotatable bonds is 2. The molecule has 4 nitrogen and oxygen atoms in total. The third-order valence-corrected chi connectivity index (χ3v) is 2.11. The van der Waals surface area contributed by atoms with Crippen LogP contribution in [-0.4, -0.2) is 20.7 Å². The van der Waals surface area contributed by atoms with Crippen molar-refractivity contribution in [2.24, 2.45) is 5.16 Å². The molecule has 0 fully saturated rings. The van der Waals surface area contributed by atoms with E-state index in [4.69, 9.17) is 5.21 Å². The van der Waals surface area contributed by atoms with Crippen LogP contribution < -0.4 is 0 Å². The summed E-state index contributed by atoms with van der Waals surface area (Å²) >= 11 is 0. The molecule has 0 aliphatic carbocycles. The van der Waals surface area contributed by atoms with Crippen molar-refractivity contribution >= 4 is 5.71 Å². The molecule has 1 aromatic heterocycles. The zero-order chi connectivity index (χ0) is 9.19. The van der Waals surface area contributed by atoms with Gasteiger partial charge in [-0.1, -0.05) is 5.16 Å². The first-order valence-corrected chi connectivity index (χ1v) is 3.78. The van der Waals surface area contributed by atoms with Crippen LogP contribution >= 0.6 is 0 Å². The lowest BCUT2D eigenvalue weighted by Crippen LogP contribution is -2.34. The van der Waals surface area contributed by atoms with E-state index >= 15 is 0 Å². The molecule has 0 aliphatic rings. The number of hydrogen-bond acceptors (Lipinski definition) is 3. The maximum Gasteiger partial charge on any atom is 0.0980 e. The Morgan fingerprint density at radius 3 is 2.67 bits per heavy atom. The first kappa shape index (κ1) is 8.77. The second-order valence-electron chi connectivity index (χ2n) is 3.20. The monoisotopic (exact) mass is 167 g/mol. The molecule has 0 aliphatic heterocycles. The highest BCUT2D eigenvalue weighted by Gasteiger charge is 2.24. The Bertz CT molecular complexity index is 275. The lowest BCUT2D eigenvalue weighted by molar-refractivity contribution is 0.305. The summed E-state index contributed by atoms with van der Waals surface area (Å²) in [7, 11) is 0. The summed E-state index contributed by atoms with van der Waals surface area (Å²) in [5.41, 5.74) is 0.268. The van der Waals surface area contributed by atoms with Crippen LogP contribution in [0.25, 0.3) is 0 Å². The van der Waals surface area contributed by atoms with E-state index in [1.165, 1.54) is 0 Å². The summed E-state index contributed by atoms with van der Waals surface area (Å²) in [5.74, 6) is 0. The summed E-state index contributed by atoms with van der Waals surface area (Å²) in [6, 6.07) is 1.84. The van der Waals surface area contributed by atoms with Gasteiger partial charge in [0.05, 0.1) is 11.3 Å². The second kappa shape index (κ2) is 2.97. The van der Waals surface area contributed by atoms with Crippen molar-refractivity contribution < 1.29 is 5.21 Å². The van der Waals surface area contributed by atoms with Gasteiger partial charge in [-0.25, -0.2) is 0 Å². The Hall–Kier alpha value is -1.32. The van der Waals surface area contributed by atoms with Crippen molar-refractivity contribution in [3.63, 3.8) is 0 Å². The average molecular weight is 167 g/mol. The standard InChI is InChI=1S/C8H13N3O/c1-7(10-12)8(2,3)11-6-4-5-9-11/h4-6,12H,1-3H3/b10-7+. The van der Waals surface area contributed by atoms with Crippen LogP contribution in [0.4, 0.5) is 0 Å². The van der Waals surface area contributed by atoms with Crippen molar-refractivity contribution in [3.8, 4) is 0 Å². The molecule has 0 aromatic carbocycles. The van der Waals surface area contributed by atoms with E-state index in [0.717, 1.165) is 0 Å². The van der Waals surface area contributed by atoms with Gasteiger partial charge in [-0.2, -0.15) is 5.10 Å². The van der Waals surface area contributed by atoms with Gasteiger partial charge in [0, 0.05) is 12.4 Å². The molecule has 1 heterocycles. The Labute approximate surface area is 71.5 Å². The summed E-state index contributed by atoms with van der Waals surface area (Å²) in [6.45, 7) is 5.64. The maximum atomic E-state index is 8.62. The number of aromatic nitrogens is 2. The van der Waals surface area contributed by atoms with Crippen LogP contribution in [0.3, 0.4) is 0 Å². The van der Waals surface area contributed by atoms with Gasteiger partial charge in [-0.3, -0.25) is 4.68 Å². The largest absolute Gasteiger partial charge is 0.411 e. The molecule has 0 atom stereocenters. The summed E-state index contributed by atoms with van der Waals surface area (Å²) < 4.78 is 1.75. The topological polar surface area (TPSA) is 50.4 Å². The molecular weight excluding hydrogens is 154 g/mol. The number of oxime groups is 1. The highest BCUT2D eigenvalue weighted by atomic mass is 16.4. The van der Waals surface area contributed by atoms with Gasteiger partial charge >= 0.3 is 0 Å². The zero-order valence-corrected chi connectivity index (χ0v) is 7.52. The minimum absolute atomic E-state index is 0.363. The van der Waals surface area contributed by atoms with Crippen LogP contribution in [0.15, 0.2) is 23.6 Å². The fourth-order valence-electron chi connectivity index (χ4n) is 0.888. The van der Waals surface area contributed by atoms with Gasteiger partial charge < -0.3 is 5.21 Å². The highest BCUT2D eigenvalue weighted by Crippen LogP contribution is 2.15. The zero-order valence-electron chi connectivity index (χ0n) is 7.52. The minimum atomic E-state index is -0.363. The van der Waals surface area contributed by atoms with Crippen molar-refractivity contribution in [1.82, 2.24) is 9.78 Å². The molecule has 0 amide bonds. The quantitative estimate of drug-likeness (QED) is 0.412. The van der Waals surface area contributed by atoms with Crippen molar-refractivity contribution in [3.05, 3.63) is 18.5 Å². The molecule has 1 rings (SSSR count). The molecular formula is C8H13N3O. The lowest BCUT2D eigenvalue weighted by Gasteiger charge is -2.23. The Balaban J connectivity index is 3.02. The number of hydrogen-bond donors (Lipinski definition) is 1. The molecule has 66 valence electrons. The molecule has 4 heteroatoms. The predicted octanol–water partition coefficient (Wildman–Crippen LogP) is 1.47. The van der Waals surface area contributed by atoms with Crippen LogP contribution in [-0.2, 0) is 5.54 Å². The first-order valence-electron chi connectivity index (χ1n) is 3.78. The van der Waals surface area contributed by atoms with E-state index in [0.29, 0.717) is 5.71 Å². The average Bonchev–Trinajstić information content (AvgIpc) is 2.55. The number of nitrogens with zero attached hydrogens (tertiary/aromatic N) is 3. The van der Waals surface area contributed by atoms with Crippen molar-refractivity contribution in [2.45, 2.75) is 26.3 Å². The molecule has 0 saturated heterocycles. The van der Waals surface area contributed by atoms with E-state index in [-0.39, 0.29) is 5.54 Å². The maximum absolute atomic E-state index is 8.62. The molecule has 1 N–H and O–H groups in total. The summed E-state index contributed by atoms with van der Waals surface area (Å²) in [6.07, 6.45) is 3.54. The first-order chi connectivity index (χ1) is 5.59. The Morgan fingerprint density at radius 1 is 1.58 bits per heavy atom. The Morgan fingerprint density at radius 2 is 2.25 bits per heavy atom. The van der Waals surface area contributed by atoms with Crippen LogP contribution in [0, 0.1) is 0 Å². The summed E-state index contributed by atoms with van der Waals surface area (Å²) in [4.78, 5) is 0. The molecule has 0 saturated carbocycles. The van der Waals surface area contributed by atoms with Gasteiger partial charge in [0.15, 0.2) is 0 Å². The van der Waals surface area contributed by atoms with E-state index in [2.05, 4.69) is 10.3 Å². The lowest BCUT2D eigenvalue weighted by atomic mass is 10.0. The molecule has 0 unspecified atom stereocenters. The third kappa shape index (κ3) is 1.32. The van der Waals surface area contributed by atoms with Gasteiger partial charge in [-0.05, 0) is 26.8 Å². The van der Waals surface area contributed by atoms with Gasteiger partial charge in [0.25, 0.3) is 0 Å². The van der Waals surface area contributed by atoms with Crippen LogP contribution in [0.1, 0.15) is 20.8 Å². The molecule has 0 radical (unpaired) electrons. The molecule has 12 heavy (non-hydrogen) atoms. The molecule has 0 spiro atoms. The van der Waals surface area contributed by atoms with Gasteiger partial charge in [0.2, 0.25) is 0 Å². The molecule has 1 aromatic rings. The predicted molar refractivity (Wildman–Crippen MR) is 46.4 cm³/mol. The second-order valence-corrected chi connectivity index (χ2v) is 3.20. The fraction of sp³-hybridized carbons (Fsp3) is 0.500. The van der Waals surface area contributed by atoms with E-state index in [1.807, 2.05) is 26.1 Å². The van der Waals surface area contributed by atoms with Crippen molar-refractivity contribution in [2.75, 3.05) is 0 Å². The fourth-order valence-corrected chi connectivity index (χ4v) is 0.888. The SMILES string of the molecule is C/C(=N\O)C(C)(C)n1cccn1. The van der Waals surface area contributed by atoms with E-state index in [1.54, 1.807) is 17.8 Å². The van der Waals surface area contributed by atoms with Crippen LogP contribution in [0.5, 0.6) is 0 Å². The molecule has 0 bridgehead atoms.